The number of fused-ring (bicyclic) bond motifs is 1. The highest BCUT2D eigenvalue weighted by Crippen LogP contribution is 2.36. The van der Waals surface area contributed by atoms with Crippen molar-refractivity contribution >= 4 is 12.0 Å². The van der Waals surface area contributed by atoms with E-state index in [1.54, 1.807) is 0 Å². The van der Waals surface area contributed by atoms with Crippen LogP contribution in [-0.2, 0) is 4.79 Å². The molecule has 1 aromatic rings. The number of ether oxygens (including phenoxy) is 2. The summed E-state index contributed by atoms with van der Waals surface area (Å²) >= 11 is 0. The Labute approximate surface area is 94.8 Å². The predicted molar refractivity (Wildman–Crippen MR) is 61.5 cm³/mol. The van der Waals surface area contributed by atoms with Crippen LogP contribution in [0.3, 0.4) is 0 Å². The Bertz CT molecular complexity index is 403. The van der Waals surface area contributed by atoms with Gasteiger partial charge in [0.1, 0.15) is 19.5 Å². The molecule has 86 valence electrons. The summed E-state index contributed by atoms with van der Waals surface area (Å²) in [6.07, 6.45) is 0.885. The molecule has 1 aliphatic rings. The average Bonchev–Trinajstić information content (AvgIpc) is 2.28. The van der Waals surface area contributed by atoms with Crippen molar-refractivity contribution in [3.8, 4) is 11.5 Å². The maximum Gasteiger partial charge on any atom is 0.163 e. The zero-order valence-electron chi connectivity index (χ0n) is 9.53. The van der Waals surface area contributed by atoms with Gasteiger partial charge in [-0.25, -0.2) is 0 Å². The molecule has 1 heterocycles. The lowest BCUT2D eigenvalue weighted by Gasteiger charge is -2.24. The molecule has 0 spiro atoms. The largest absolute Gasteiger partial charge is 0.486 e. The summed E-state index contributed by atoms with van der Waals surface area (Å²) in [6.45, 7) is 3.54. The molecule has 0 bridgehead atoms. The van der Waals surface area contributed by atoms with Crippen LogP contribution in [0.2, 0.25) is 0 Å². The van der Waals surface area contributed by atoms with Gasteiger partial charge in [-0.2, -0.15) is 0 Å². The molecule has 0 N–H and O–H groups in total. The minimum Gasteiger partial charge on any atom is -0.486 e. The molecule has 2 rings (SSSR count). The average molecular weight is 221 g/mol. The predicted octanol–water partition coefficient (Wildman–Crippen LogP) is 1.40. The maximum atomic E-state index is 10.5. The molecule has 0 saturated heterocycles. The number of hydrogen-bond acceptors (Lipinski definition) is 4. The van der Waals surface area contributed by atoms with Gasteiger partial charge in [-0.3, -0.25) is 0 Å². The zero-order chi connectivity index (χ0) is 11.5. The van der Waals surface area contributed by atoms with Gasteiger partial charge in [0.2, 0.25) is 0 Å². The van der Waals surface area contributed by atoms with Gasteiger partial charge in [0.05, 0.1) is 6.54 Å². The quantitative estimate of drug-likeness (QED) is 0.723. The standard InChI is InChI=1S/C12H15NO3/c1-9-7-11-12(16-6-5-15-11)8-10(9)13(2)3-4-14/h4,7-8H,3,5-6H2,1-2H3. The number of hydrogen-bond donors (Lipinski definition) is 0. The lowest BCUT2D eigenvalue weighted by atomic mass is 10.1. The van der Waals surface area contributed by atoms with Crippen LogP contribution in [0.25, 0.3) is 0 Å². The SMILES string of the molecule is Cc1cc2c(cc1N(C)CC=O)OCCO2. The second-order valence-corrected chi connectivity index (χ2v) is 3.83. The maximum absolute atomic E-state index is 10.5. The van der Waals surface area contributed by atoms with E-state index in [4.69, 9.17) is 9.47 Å². The van der Waals surface area contributed by atoms with E-state index in [-0.39, 0.29) is 0 Å². The Kier molecular flexibility index (Phi) is 2.99. The van der Waals surface area contributed by atoms with Gasteiger partial charge in [-0.05, 0) is 18.6 Å². The summed E-state index contributed by atoms with van der Waals surface area (Å²) in [7, 11) is 1.88. The number of likely N-dealkylation sites (N-methyl/N-ethyl adjacent to an activating group) is 1. The van der Waals surface area contributed by atoms with Gasteiger partial charge in [0, 0.05) is 18.8 Å². The van der Waals surface area contributed by atoms with Crippen LogP contribution in [0.1, 0.15) is 5.56 Å². The number of carbonyl (C=O) groups is 1. The number of nitrogens with zero attached hydrogens (tertiary/aromatic N) is 1. The topological polar surface area (TPSA) is 38.8 Å². The Hall–Kier alpha value is -1.71. The molecule has 1 aliphatic heterocycles. The summed E-state index contributed by atoms with van der Waals surface area (Å²) < 4.78 is 11.0. The summed E-state index contributed by atoms with van der Waals surface area (Å²) in [5.41, 5.74) is 2.07. The first-order chi connectivity index (χ1) is 7.72. The first kappa shape index (κ1) is 10.8. The molecule has 0 fully saturated rings. The monoisotopic (exact) mass is 221 g/mol. The smallest absolute Gasteiger partial charge is 0.163 e. The number of rotatable bonds is 3. The van der Waals surface area contributed by atoms with Crippen LogP contribution in [0, 0.1) is 6.92 Å². The van der Waals surface area contributed by atoms with E-state index in [0.29, 0.717) is 19.8 Å². The summed E-state index contributed by atoms with van der Waals surface area (Å²) in [6, 6.07) is 3.87. The summed E-state index contributed by atoms with van der Waals surface area (Å²) in [5, 5.41) is 0. The summed E-state index contributed by atoms with van der Waals surface area (Å²) in [5.74, 6) is 1.54. The van der Waals surface area contributed by atoms with Gasteiger partial charge in [-0.15, -0.1) is 0 Å². The Morgan fingerprint density at radius 3 is 2.56 bits per heavy atom. The second kappa shape index (κ2) is 4.43. The Morgan fingerprint density at radius 2 is 1.94 bits per heavy atom. The van der Waals surface area contributed by atoms with Crippen LogP contribution in [-0.4, -0.2) is 33.1 Å². The molecule has 0 aliphatic carbocycles. The highest BCUT2D eigenvalue weighted by atomic mass is 16.6. The van der Waals surface area contributed by atoms with Crippen LogP contribution in [0.5, 0.6) is 11.5 Å². The van der Waals surface area contributed by atoms with Crippen LogP contribution in [0.15, 0.2) is 12.1 Å². The van der Waals surface area contributed by atoms with E-state index in [0.717, 1.165) is 29.0 Å². The van der Waals surface area contributed by atoms with E-state index in [1.165, 1.54) is 0 Å². The van der Waals surface area contributed by atoms with Crippen molar-refractivity contribution in [2.45, 2.75) is 6.92 Å². The van der Waals surface area contributed by atoms with Gasteiger partial charge < -0.3 is 19.2 Å². The van der Waals surface area contributed by atoms with Gasteiger partial charge in [-0.1, -0.05) is 0 Å². The minimum absolute atomic E-state index is 0.375. The molecule has 0 aromatic heterocycles. The number of carbonyl (C=O) groups excluding carboxylic acids is 1. The van der Waals surface area contributed by atoms with Gasteiger partial charge in [0.15, 0.2) is 11.5 Å². The van der Waals surface area contributed by atoms with Crippen LogP contribution in [0.4, 0.5) is 5.69 Å². The third kappa shape index (κ3) is 1.96. The molecule has 0 atom stereocenters. The third-order valence-corrected chi connectivity index (χ3v) is 2.62. The molecular formula is C12H15NO3. The molecule has 0 radical (unpaired) electrons. The first-order valence-corrected chi connectivity index (χ1v) is 5.27. The van der Waals surface area contributed by atoms with Crippen molar-refractivity contribution in [1.29, 1.82) is 0 Å². The Morgan fingerprint density at radius 1 is 1.31 bits per heavy atom. The molecule has 0 amide bonds. The molecule has 0 unspecified atom stereocenters. The molecule has 1 aromatic carbocycles. The second-order valence-electron chi connectivity index (χ2n) is 3.83. The van der Waals surface area contributed by atoms with E-state index in [1.807, 2.05) is 31.0 Å². The number of anilines is 1. The molecule has 4 nitrogen and oxygen atoms in total. The molecule has 4 heteroatoms. The normalized spacial score (nSPS) is 13.4. The highest BCUT2D eigenvalue weighted by molar-refractivity contribution is 5.66. The number of aldehydes is 1. The number of aryl methyl sites for hydroxylation is 1. The summed E-state index contributed by atoms with van der Waals surface area (Å²) in [4.78, 5) is 12.4. The van der Waals surface area contributed by atoms with Crippen molar-refractivity contribution in [2.24, 2.45) is 0 Å². The zero-order valence-corrected chi connectivity index (χ0v) is 9.53. The highest BCUT2D eigenvalue weighted by Gasteiger charge is 2.15. The lowest BCUT2D eigenvalue weighted by Crippen LogP contribution is -2.21. The lowest BCUT2D eigenvalue weighted by molar-refractivity contribution is -0.106. The Balaban J connectivity index is 2.35. The fourth-order valence-electron chi connectivity index (χ4n) is 1.80. The van der Waals surface area contributed by atoms with Crippen molar-refractivity contribution < 1.29 is 14.3 Å². The van der Waals surface area contributed by atoms with Crippen molar-refractivity contribution in [1.82, 2.24) is 0 Å². The van der Waals surface area contributed by atoms with Gasteiger partial charge in [0.25, 0.3) is 0 Å². The van der Waals surface area contributed by atoms with E-state index >= 15 is 0 Å². The molecule has 0 saturated carbocycles. The molecular weight excluding hydrogens is 206 g/mol. The third-order valence-electron chi connectivity index (χ3n) is 2.62. The first-order valence-electron chi connectivity index (χ1n) is 5.27. The van der Waals surface area contributed by atoms with E-state index < -0.39 is 0 Å². The van der Waals surface area contributed by atoms with E-state index in [2.05, 4.69) is 0 Å². The van der Waals surface area contributed by atoms with E-state index in [9.17, 15) is 4.79 Å². The van der Waals surface area contributed by atoms with Gasteiger partial charge >= 0.3 is 0 Å². The van der Waals surface area contributed by atoms with Crippen molar-refractivity contribution in [3.05, 3.63) is 17.7 Å². The van der Waals surface area contributed by atoms with Crippen LogP contribution >= 0.6 is 0 Å². The fraction of sp³-hybridized carbons (Fsp3) is 0.417. The minimum atomic E-state index is 0.375. The van der Waals surface area contributed by atoms with Crippen LogP contribution < -0.4 is 14.4 Å². The van der Waals surface area contributed by atoms with Crippen molar-refractivity contribution in [3.63, 3.8) is 0 Å². The fourth-order valence-corrected chi connectivity index (χ4v) is 1.80. The number of benzene rings is 1. The molecule has 16 heavy (non-hydrogen) atoms. The van der Waals surface area contributed by atoms with Crippen molar-refractivity contribution in [2.75, 3.05) is 31.7 Å².